The lowest BCUT2D eigenvalue weighted by atomic mass is 9.94. The van der Waals surface area contributed by atoms with Gasteiger partial charge in [-0.25, -0.2) is 4.98 Å². The highest BCUT2D eigenvalue weighted by Gasteiger charge is 2.24. The van der Waals surface area contributed by atoms with Gasteiger partial charge in [0.1, 0.15) is 5.75 Å². The van der Waals surface area contributed by atoms with E-state index in [0.717, 1.165) is 43.9 Å². The smallest absolute Gasteiger partial charge is 0.238 e. The van der Waals surface area contributed by atoms with Crippen LogP contribution in [0.3, 0.4) is 0 Å². The van der Waals surface area contributed by atoms with Gasteiger partial charge in [-0.2, -0.15) is 5.10 Å². The van der Waals surface area contributed by atoms with E-state index < -0.39 is 0 Å². The van der Waals surface area contributed by atoms with E-state index in [1.54, 1.807) is 18.6 Å². The van der Waals surface area contributed by atoms with Crippen LogP contribution in [0.15, 0.2) is 43.1 Å². The van der Waals surface area contributed by atoms with E-state index in [4.69, 9.17) is 9.72 Å². The molecule has 0 spiro atoms. The van der Waals surface area contributed by atoms with Crippen LogP contribution in [0.5, 0.6) is 11.6 Å². The molecule has 3 aromatic heterocycles. The molecule has 1 aliphatic heterocycles. The molecule has 1 unspecified atom stereocenters. The highest BCUT2D eigenvalue weighted by Crippen LogP contribution is 2.28. The molecule has 7 heteroatoms. The molecule has 0 N–H and O–H groups in total. The van der Waals surface area contributed by atoms with Gasteiger partial charge in [0, 0.05) is 50.2 Å². The predicted molar refractivity (Wildman–Crippen MR) is 102 cm³/mol. The Balaban J connectivity index is 1.45. The minimum Gasteiger partial charge on any atom is -0.436 e. The van der Waals surface area contributed by atoms with Crippen LogP contribution >= 0.6 is 0 Å². The van der Waals surface area contributed by atoms with E-state index in [1.807, 2.05) is 30.1 Å². The Morgan fingerprint density at radius 3 is 2.93 bits per heavy atom. The molecule has 0 bridgehead atoms. The van der Waals surface area contributed by atoms with Crippen molar-refractivity contribution in [2.75, 3.05) is 13.1 Å². The van der Waals surface area contributed by atoms with Crippen molar-refractivity contribution in [3.05, 3.63) is 60.1 Å². The minimum absolute atomic E-state index is 0.362. The summed E-state index contributed by atoms with van der Waals surface area (Å²) in [5.41, 5.74) is 3.38. The van der Waals surface area contributed by atoms with Gasteiger partial charge in [-0.3, -0.25) is 19.5 Å². The van der Waals surface area contributed by atoms with Crippen molar-refractivity contribution >= 4 is 0 Å². The van der Waals surface area contributed by atoms with Gasteiger partial charge in [-0.15, -0.1) is 0 Å². The molecule has 4 rings (SSSR count). The van der Waals surface area contributed by atoms with Gasteiger partial charge in [0.05, 0.1) is 23.8 Å². The van der Waals surface area contributed by atoms with E-state index in [1.165, 1.54) is 5.56 Å². The first-order chi connectivity index (χ1) is 13.2. The molecule has 27 heavy (non-hydrogen) atoms. The van der Waals surface area contributed by atoms with Crippen LogP contribution in [-0.4, -0.2) is 42.7 Å². The number of piperidine rings is 1. The first-order valence-corrected chi connectivity index (χ1v) is 9.28. The Kier molecular flexibility index (Phi) is 5.11. The molecule has 1 aliphatic rings. The van der Waals surface area contributed by atoms with Crippen LogP contribution in [-0.2, 0) is 13.6 Å². The van der Waals surface area contributed by atoms with E-state index in [0.29, 0.717) is 17.5 Å². The fourth-order valence-corrected chi connectivity index (χ4v) is 3.62. The lowest BCUT2D eigenvalue weighted by Crippen LogP contribution is -2.34. The third-order valence-electron chi connectivity index (χ3n) is 4.92. The number of rotatable bonds is 5. The predicted octanol–water partition coefficient (Wildman–Crippen LogP) is 3.09. The lowest BCUT2D eigenvalue weighted by molar-refractivity contribution is 0.197. The second-order valence-corrected chi connectivity index (χ2v) is 7.06. The zero-order valence-corrected chi connectivity index (χ0v) is 15.7. The monoisotopic (exact) mass is 364 g/mol. The van der Waals surface area contributed by atoms with Crippen LogP contribution in [0, 0.1) is 6.92 Å². The number of nitrogens with zero attached hydrogens (tertiary/aromatic N) is 6. The minimum atomic E-state index is 0.362. The summed E-state index contributed by atoms with van der Waals surface area (Å²) >= 11 is 0. The molecule has 0 aliphatic carbocycles. The quantitative estimate of drug-likeness (QED) is 0.693. The average Bonchev–Trinajstić information content (AvgIpc) is 3.00. The molecular formula is C20H24N6O. The van der Waals surface area contributed by atoms with Gasteiger partial charge in [0.25, 0.3) is 0 Å². The van der Waals surface area contributed by atoms with Gasteiger partial charge in [0.15, 0.2) is 0 Å². The molecule has 0 aromatic carbocycles. The molecular weight excluding hydrogens is 340 g/mol. The summed E-state index contributed by atoms with van der Waals surface area (Å²) in [6, 6.07) is 3.70. The molecule has 1 atom stereocenters. The van der Waals surface area contributed by atoms with Crippen molar-refractivity contribution in [1.82, 2.24) is 29.6 Å². The van der Waals surface area contributed by atoms with E-state index in [2.05, 4.69) is 33.1 Å². The molecule has 1 saturated heterocycles. The molecule has 0 saturated carbocycles. The maximum absolute atomic E-state index is 5.79. The van der Waals surface area contributed by atoms with Crippen LogP contribution in [0.1, 0.15) is 35.7 Å². The van der Waals surface area contributed by atoms with Gasteiger partial charge in [-0.1, -0.05) is 0 Å². The summed E-state index contributed by atoms with van der Waals surface area (Å²) in [4.78, 5) is 15.6. The number of hydrogen-bond donors (Lipinski definition) is 0. The number of ether oxygens (including phenoxy) is 1. The van der Waals surface area contributed by atoms with Crippen LogP contribution in [0.2, 0.25) is 0 Å². The number of pyridine rings is 1. The first-order valence-electron chi connectivity index (χ1n) is 9.28. The highest BCUT2D eigenvalue weighted by atomic mass is 16.5. The fourth-order valence-electron chi connectivity index (χ4n) is 3.62. The average molecular weight is 364 g/mol. The molecule has 4 heterocycles. The van der Waals surface area contributed by atoms with Crippen LogP contribution in [0.25, 0.3) is 0 Å². The van der Waals surface area contributed by atoms with Gasteiger partial charge in [-0.05, 0) is 38.4 Å². The number of aromatic nitrogens is 5. The Morgan fingerprint density at radius 1 is 1.22 bits per heavy atom. The fraction of sp³-hybridized carbons (Fsp3) is 0.400. The van der Waals surface area contributed by atoms with Crippen LogP contribution in [0.4, 0.5) is 0 Å². The molecule has 0 amide bonds. The Labute approximate surface area is 159 Å². The number of likely N-dealkylation sites (tertiary alicyclic amines) is 1. The normalized spacial score (nSPS) is 17.8. The maximum atomic E-state index is 5.79. The van der Waals surface area contributed by atoms with Crippen molar-refractivity contribution in [3.8, 4) is 11.6 Å². The second kappa shape index (κ2) is 7.84. The number of hydrogen-bond acceptors (Lipinski definition) is 6. The van der Waals surface area contributed by atoms with E-state index >= 15 is 0 Å². The Hall–Kier alpha value is -2.80. The molecule has 140 valence electrons. The number of aryl methyl sites for hydroxylation is 2. The topological polar surface area (TPSA) is 69.0 Å². The van der Waals surface area contributed by atoms with Crippen molar-refractivity contribution in [2.24, 2.45) is 7.05 Å². The van der Waals surface area contributed by atoms with Gasteiger partial charge in [0.2, 0.25) is 5.88 Å². The second-order valence-electron chi connectivity index (χ2n) is 7.06. The van der Waals surface area contributed by atoms with E-state index in [9.17, 15) is 0 Å². The Morgan fingerprint density at radius 2 is 2.15 bits per heavy atom. The zero-order valence-electron chi connectivity index (χ0n) is 15.7. The summed E-state index contributed by atoms with van der Waals surface area (Å²) < 4.78 is 7.68. The maximum Gasteiger partial charge on any atom is 0.238 e. The Bertz CT molecular complexity index is 894. The van der Waals surface area contributed by atoms with Crippen molar-refractivity contribution < 1.29 is 4.74 Å². The molecule has 0 radical (unpaired) electrons. The molecule has 7 nitrogen and oxygen atoms in total. The zero-order chi connectivity index (χ0) is 18.6. The largest absolute Gasteiger partial charge is 0.436 e. The van der Waals surface area contributed by atoms with Crippen LogP contribution < -0.4 is 4.74 Å². The first kappa shape index (κ1) is 17.6. The highest BCUT2D eigenvalue weighted by molar-refractivity contribution is 5.23. The van der Waals surface area contributed by atoms with E-state index in [-0.39, 0.29) is 0 Å². The lowest BCUT2D eigenvalue weighted by Gasteiger charge is -2.32. The summed E-state index contributed by atoms with van der Waals surface area (Å²) in [5.74, 6) is 1.54. The molecule has 3 aromatic rings. The SMILES string of the molecule is Cc1nn(C)cc1CN1CCCC(c2cncc(Oc3cccnc3)n2)C1. The third kappa shape index (κ3) is 4.31. The molecule has 1 fully saturated rings. The summed E-state index contributed by atoms with van der Waals surface area (Å²) in [6.45, 7) is 5.07. The third-order valence-corrected chi connectivity index (χ3v) is 4.92. The summed E-state index contributed by atoms with van der Waals surface area (Å²) in [5, 5.41) is 4.45. The van der Waals surface area contributed by atoms with Crippen molar-refractivity contribution in [3.63, 3.8) is 0 Å². The van der Waals surface area contributed by atoms with Crippen molar-refractivity contribution in [1.29, 1.82) is 0 Å². The van der Waals surface area contributed by atoms with Gasteiger partial charge >= 0.3 is 0 Å². The standard InChI is InChI=1S/C20H24N6O/c1-15-17(12-25(2)24-15)14-26-8-4-5-16(13-26)19-10-22-11-20(23-19)27-18-6-3-7-21-9-18/h3,6-7,9-12,16H,4-5,8,13-14H2,1-2H3. The summed E-state index contributed by atoms with van der Waals surface area (Å²) in [6.07, 6.45) is 11.3. The van der Waals surface area contributed by atoms with Crippen molar-refractivity contribution in [2.45, 2.75) is 32.2 Å². The van der Waals surface area contributed by atoms with Gasteiger partial charge < -0.3 is 4.74 Å². The summed E-state index contributed by atoms with van der Waals surface area (Å²) in [7, 11) is 1.97.